The van der Waals surface area contributed by atoms with E-state index in [0.717, 1.165) is 5.39 Å². The second-order valence-electron chi connectivity index (χ2n) is 4.77. The van der Waals surface area contributed by atoms with Gasteiger partial charge in [-0.1, -0.05) is 12.1 Å². The predicted molar refractivity (Wildman–Crippen MR) is 63.0 cm³/mol. The van der Waals surface area contributed by atoms with E-state index < -0.39 is 11.4 Å². The maximum Gasteiger partial charge on any atom is 0.309 e. The van der Waals surface area contributed by atoms with Crippen LogP contribution in [0.5, 0.6) is 5.75 Å². The molecule has 0 bridgehead atoms. The summed E-state index contributed by atoms with van der Waals surface area (Å²) in [5, 5.41) is 19.4. The molecule has 0 aliphatic carbocycles. The highest BCUT2D eigenvalue weighted by molar-refractivity contribution is 5.83. The molecule has 2 N–H and O–H groups in total. The van der Waals surface area contributed by atoms with Gasteiger partial charge in [-0.15, -0.1) is 0 Å². The van der Waals surface area contributed by atoms with Crippen LogP contribution in [0.15, 0.2) is 28.7 Å². The van der Waals surface area contributed by atoms with Gasteiger partial charge in [-0.3, -0.25) is 4.79 Å². The highest BCUT2D eigenvalue weighted by atomic mass is 16.4. The van der Waals surface area contributed by atoms with Crippen LogP contribution in [-0.2, 0) is 11.2 Å². The molecule has 1 heterocycles. The minimum absolute atomic E-state index is 0.0712. The van der Waals surface area contributed by atoms with Crippen molar-refractivity contribution in [1.82, 2.24) is 0 Å². The van der Waals surface area contributed by atoms with Gasteiger partial charge in [0.25, 0.3) is 0 Å². The molecule has 2 aromatic rings. The van der Waals surface area contributed by atoms with Crippen LogP contribution in [0.25, 0.3) is 11.0 Å². The van der Waals surface area contributed by atoms with E-state index in [0.29, 0.717) is 11.3 Å². The summed E-state index contributed by atoms with van der Waals surface area (Å²) in [6.45, 7) is 3.28. The van der Waals surface area contributed by atoms with Crippen molar-refractivity contribution in [3.8, 4) is 5.75 Å². The number of hydrogen-bond acceptors (Lipinski definition) is 3. The van der Waals surface area contributed by atoms with Gasteiger partial charge < -0.3 is 14.6 Å². The standard InChI is InChI=1S/C13H14O4/c1-13(2,12(15)16)7-9-6-8-4-3-5-10(14)11(8)17-9/h3-6,14H,7H2,1-2H3,(H,15,16). The van der Waals surface area contributed by atoms with Crippen LogP contribution in [0.2, 0.25) is 0 Å². The zero-order chi connectivity index (χ0) is 12.6. The highest BCUT2D eigenvalue weighted by Crippen LogP contribution is 2.31. The Morgan fingerprint density at radius 1 is 1.41 bits per heavy atom. The van der Waals surface area contributed by atoms with Crippen LogP contribution in [0.3, 0.4) is 0 Å². The van der Waals surface area contributed by atoms with Crippen molar-refractivity contribution in [2.45, 2.75) is 20.3 Å². The summed E-state index contributed by atoms with van der Waals surface area (Å²) in [5.74, 6) is -0.238. The van der Waals surface area contributed by atoms with Crippen molar-refractivity contribution in [2.75, 3.05) is 0 Å². The molecule has 4 heteroatoms. The molecule has 4 nitrogen and oxygen atoms in total. The minimum atomic E-state index is -0.885. The number of fused-ring (bicyclic) bond motifs is 1. The first kappa shape index (κ1) is 11.5. The van der Waals surface area contributed by atoms with Gasteiger partial charge in [0, 0.05) is 11.8 Å². The van der Waals surface area contributed by atoms with Crippen LogP contribution in [0.4, 0.5) is 0 Å². The number of benzene rings is 1. The molecule has 1 aromatic heterocycles. The van der Waals surface area contributed by atoms with E-state index in [1.165, 1.54) is 6.07 Å². The lowest BCUT2D eigenvalue weighted by Crippen LogP contribution is -2.25. The first-order chi connectivity index (χ1) is 7.90. The third-order valence-corrected chi connectivity index (χ3v) is 2.77. The van der Waals surface area contributed by atoms with Crippen LogP contribution in [-0.4, -0.2) is 16.2 Å². The third kappa shape index (κ3) is 2.11. The lowest BCUT2D eigenvalue weighted by Gasteiger charge is -2.16. The summed E-state index contributed by atoms with van der Waals surface area (Å²) in [5.41, 5.74) is -0.479. The molecular formula is C13H14O4. The molecule has 0 unspecified atom stereocenters. The monoisotopic (exact) mass is 234 g/mol. The van der Waals surface area contributed by atoms with Gasteiger partial charge in [0.05, 0.1) is 5.41 Å². The van der Waals surface area contributed by atoms with Crippen molar-refractivity contribution in [2.24, 2.45) is 5.41 Å². The van der Waals surface area contributed by atoms with E-state index in [-0.39, 0.29) is 12.2 Å². The molecule has 0 aliphatic heterocycles. The first-order valence-corrected chi connectivity index (χ1v) is 5.34. The van der Waals surface area contributed by atoms with Crippen LogP contribution >= 0.6 is 0 Å². The maximum absolute atomic E-state index is 11.0. The lowest BCUT2D eigenvalue weighted by atomic mass is 9.88. The Morgan fingerprint density at radius 3 is 2.71 bits per heavy atom. The molecule has 1 aromatic carbocycles. The third-order valence-electron chi connectivity index (χ3n) is 2.77. The van der Waals surface area contributed by atoms with E-state index in [9.17, 15) is 9.90 Å². The van der Waals surface area contributed by atoms with E-state index in [2.05, 4.69) is 0 Å². The average molecular weight is 234 g/mol. The number of carbonyl (C=O) groups is 1. The Hall–Kier alpha value is -1.97. The number of hydrogen-bond donors (Lipinski definition) is 2. The summed E-state index contributed by atoms with van der Waals surface area (Å²) in [4.78, 5) is 11.0. The number of phenolic OH excluding ortho intramolecular Hbond substituents is 1. The fourth-order valence-corrected chi connectivity index (χ4v) is 1.70. The number of phenols is 1. The Kier molecular flexibility index (Phi) is 2.58. The van der Waals surface area contributed by atoms with Gasteiger partial charge in [-0.05, 0) is 26.0 Å². The maximum atomic E-state index is 11.0. The van der Waals surface area contributed by atoms with Gasteiger partial charge >= 0.3 is 5.97 Å². The van der Waals surface area contributed by atoms with Crippen LogP contribution in [0, 0.1) is 5.41 Å². The van der Waals surface area contributed by atoms with E-state index >= 15 is 0 Å². The summed E-state index contributed by atoms with van der Waals surface area (Å²) >= 11 is 0. The van der Waals surface area contributed by atoms with Gasteiger partial charge in [-0.25, -0.2) is 0 Å². The Bertz CT molecular complexity index is 566. The number of rotatable bonds is 3. The molecule has 0 aliphatic rings. The highest BCUT2D eigenvalue weighted by Gasteiger charge is 2.29. The fourth-order valence-electron chi connectivity index (χ4n) is 1.70. The smallest absolute Gasteiger partial charge is 0.309 e. The predicted octanol–water partition coefficient (Wildman–Crippen LogP) is 2.79. The minimum Gasteiger partial charge on any atom is -0.504 e. The van der Waals surface area contributed by atoms with Crippen molar-refractivity contribution in [3.63, 3.8) is 0 Å². The normalized spacial score (nSPS) is 11.9. The molecular weight excluding hydrogens is 220 g/mol. The topological polar surface area (TPSA) is 70.7 Å². The Balaban J connectivity index is 2.38. The van der Waals surface area contributed by atoms with Crippen molar-refractivity contribution in [3.05, 3.63) is 30.0 Å². The lowest BCUT2D eigenvalue weighted by molar-refractivity contribution is -0.147. The largest absolute Gasteiger partial charge is 0.504 e. The zero-order valence-corrected chi connectivity index (χ0v) is 9.73. The number of carboxylic acid groups (broad SMARTS) is 1. The molecule has 17 heavy (non-hydrogen) atoms. The molecule has 0 saturated heterocycles. The number of aliphatic carboxylic acids is 1. The molecule has 0 radical (unpaired) electrons. The fraction of sp³-hybridized carbons (Fsp3) is 0.308. The molecule has 0 amide bonds. The van der Waals surface area contributed by atoms with Crippen molar-refractivity contribution < 1.29 is 19.4 Å². The van der Waals surface area contributed by atoms with Gasteiger partial charge in [-0.2, -0.15) is 0 Å². The van der Waals surface area contributed by atoms with Crippen LogP contribution in [0.1, 0.15) is 19.6 Å². The Morgan fingerprint density at radius 2 is 2.12 bits per heavy atom. The molecule has 2 rings (SSSR count). The number of para-hydroxylation sites is 1. The molecule has 90 valence electrons. The van der Waals surface area contributed by atoms with Gasteiger partial charge in [0.2, 0.25) is 0 Å². The second kappa shape index (κ2) is 3.80. The van der Waals surface area contributed by atoms with E-state index in [1.54, 1.807) is 26.0 Å². The quantitative estimate of drug-likeness (QED) is 0.856. The van der Waals surface area contributed by atoms with Crippen molar-refractivity contribution in [1.29, 1.82) is 0 Å². The van der Waals surface area contributed by atoms with E-state index in [4.69, 9.17) is 9.52 Å². The number of furan rings is 1. The molecule has 0 atom stereocenters. The summed E-state index contributed by atoms with van der Waals surface area (Å²) < 4.78 is 5.47. The Labute approximate surface area is 98.5 Å². The first-order valence-electron chi connectivity index (χ1n) is 5.34. The van der Waals surface area contributed by atoms with E-state index in [1.807, 2.05) is 6.07 Å². The average Bonchev–Trinajstić information content (AvgIpc) is 2.60. The zero-order valence-electron chi connectivity index (χ0n) is 9.73. The van der Waals surface area contributed by atoms with Crippen LogP contribution < -0.4 is 0 Å². The molecule has 0 spiro atoms. The van der Waals surface area contributed by atoms with Gasteiger partial charge in [0.15, 0.2) is 11.3 Å². The number of carboxylic acids is 1. The number of aromatic hydroxyl groups is 1. The second-order valence-corrected chi connectivity index (χ2v) is 4.77. The summed E-state index contributed by atoms with van der Waals surface area (Å²) in [7, 11) is 0. The SMILES string of the molecule is CC(C)(Cc1cc2cccc(O)c2o1)C(=O)O. The molecule has 0 fully saturated rings. The summed E-state index contributed by atoms with van der Waals surface area (Å²) in [6.07, 6.45) is 0.288. The van der Waals surface area contributed by atoms with Gasteiger partial charge in [0.1, 0.15) is 5.76 Å². The molecule has 0 saturated carbocycles. The summed E-state index contributed by atoms with van der Waals surface area (Å²) in [6, 6.07) is 6.84. The van der Waals surface area contributed by atoms with Crippen molar-refractivity contribution >= 4 is 16.9 Å².